The number of aliphatic hydroxyl groups is 1. The standard InChI is InChI=1S/C34H32ClN9O4/c35-27-14-10-23(11-15-27)21-38-42-33(46)34(20-25-6-2-4-9-30(25)41-44-37)31(29-8-3-1-7-26(29)22-39-43-36)48-32(40-34)24-12-16-28(17-13-24)47-19-5-18-45/h1-4,6-17,31,38,45H,5,18-22H2,(H,42,46)/t31-,34-/m0/s1. The summed E-state index contributed by atoms with van der Waals surface area (Å²) in [5.74, 6) is 0.296. The Morgan fingerprint density at radius 3 is 2.44 bits per heavy atom. The molecule has 5 rings (SSSR count). The Hall–Kier alpha value is -5.55. The highest BCUT2D eigenvalue weighted by Gasteiger charge is 2.54. The number of nitrogens with zero attached hydrogens (tertiary/aromatic N) is 7. The van der Waals surface area contributed by atoms with E-state index in [4.69, 9.17) is 36.7 Å². The highest BCUT2D eigenvalue weighted by atomic mass is 35.5. The summed E-state index contributed by atoms with van der Waals surface area (Å²) < 4.78 is 12.3. The predicted molar refractivity (Wildman–Crippen MR) is 181 cm³/mol. The summed E-state index contributed by atoms with van der Waals surface area (Å²) in [6.45, 7) is 0.687. The summed E-state index contributed by atoms with van der Waals surface area (Å²) in [5, 5.41) is 17.3. The quantitative estimate of drug-likeness (QED) is 0.0398. The number of ether oxygens (including phenoxy) is 2. The number of hydrogen-bond acceptors (Lipinski definition) is 8. The van der Waals surface area contributed by atoms with Crippen molar-refractivity contribution in [1.29, 1.82) is 0 Å². The van der Waals surface area contributed by atoms with Crippen molar-refractivity contribution in [2.45, 2.75) is 37.6 Å². The zero-order valence-electron chi connectivity index (χ0n) is 25.7. The molecule has 4 aromatic rings. The predicted octanol–water partition coefficient (Wildman–Crippen LogP) is 7.17. The summed E-state index contributed by atoms with van der Waals surface area (Å²) in [6, 6.07) is 28.5. The van der Waals surface area contributed by atoms with Gasteiger partial charge in [-0.1, -0.05) is 82.5 Å². The molecule has 13 nitrogen and oxygen atoms in total. The maximum absolute atomic E-state index is 14.6. The fourth-order valence-corrected chi connectivity index (χ4v) is 5.46. The van der Waals surface area contributed by atoms with Gasteiger partial charge in [0.25, 0.3) is 5.91 Å². The van der Waals surface area contributed by atoms with Crippen LogP contribution in [0, 0.1) is 0 Å². The smallest absolute Gasteiger partial charge is 0.266 e. The summed E-state index contributed by atoms with van der Waals surface area (Å²) in [5.41, 5.74) is 26.2. The molecule has 0 saturated carbocycles. The molecular formula is C34H32ClN9O4. The van der Waals surface area contributed by atoms with Crippen LogP contribution >= 0.6 is 11.6 Å². The lowest BCUT2D eigenvalue weighted by Crippen LogP contribution is -2.53. The molecule has 48 heavy (non-hydrogen) atoms. The molecule has 0 bridgehead atoms. The number of aliphatic hydroxyl groups excluding tert-OH is 1. The minimum Gasteiger partial charge on any atom is -0.494 e. The molecule has 1 aliphatic heterocycles. The van der Waals surface area contributed by atoms with Crippen LogP contribution in [-0.4, -0.2) is 35.7 Å². The number of carbonyl (C=O) groups excluding carboxylic acids is 1. The third-order valence-electron chi connectivity index (χ3n) is 7.68. The van der Waals surface area contributed by atoms with Gasteiger partial charge in [-0.2, -0.15) is 0 Å². The molecule has 14 heteroatoms. The summed E-state index contributed by atoms with van der Waals surface area (Å²) in [7, 11) is 0. The van der Waals surface area contributed by atoms with Gasteiger partial charge in [-0.05, 0) is 69.7 Å². The minimum atomic E-state index is -1.63. The summed E-state index contributed by atoms with van der Waals surface area (Å²) >= 11 is 6.04. The number of nitrogens with one attached hydrogen (secondary N) is 2. The number of carbonyl (C=O) groups is 1. The van der Waals surface area contributed by atoms with Crippen LogP contribution in [0.2, 0.25) is 5.02 Å². The van der Waals surface area contributed by atoms with Crippen molar-refractivity contribution in [2.75, 3.05) is 13.2 Å². The third-order valence-corrected chi connectivity index (χ3v) is 7.94. The molecule has 0 radical (unpaired) electrons. The maximum atomic E-state index is 14.6. The molecule has 1 amide bonds. The van der Waals surface area contributed by atoms with Gasteiger partial charge in [-0.15, -0.1) is 0 Å². The fourth-order valence-electron chi connectivity index (χ4n) is 5.33. The molecule has 0 spiro atoms. The van der Waals surface area contributed by atoms with Crippen molar-refractivity contribution in [2.24, 2.45) is 15.2 Å². The number of benzene rings is 4. The van der Waals surface area contributed by atoms with Crippen molar-refractivity contribution < 1.29 is 19.4 Å². The number of hydrogen-bond donors (Lipinski definition) is 3. The zero-order chi connectivity index (χ0) is 33.8. The number of halogens is 1. The first-order valence-corrected chi connectivity index (χ1v) is 15.4. The lowest BCUT2D eigenvalue weighted by molar-refractivity contribution is -0.130. The number of hydrazine groups is 1. The van der Waals surface area contributed by atoms with Gasteiger partial charge in [0.1, 0.15) is 5.75 Å². The summed E-state index contributed by atoms with van der Waals surface area (Å²) in [4.78, 5) is 25.5. The van der Waals surface area contributed by atoms with Gasteiger partial charge in [-0.3, -0.25) is 10.2 Å². The Kier molecular flexibility index (Phi) is 11.5. The second-order valence-corrected chi connectivity index (χ2v) is 11.2. The average Bonchev–Trinajstić information content (AvgIpc) is 3.50. The first-order valence-electron chi connectivity index (χ1n) is 15.1. The van der Waals surface area contributed by atoms with Crippen molar-refractivity contribution in [3.63, 3.8) is 0 Å². The topological polar surface area (TPSA) is 190 Å². The lowest BCUT2D eigenvalue weighted by atomic mass is 9.80. The molecule has 0 unspecified atom stereocenters. The van der Waals surface area contributed by atoms with Gasteiger partial charge in [0.15, 0.2) is 11.6 Å². The van der Waals surface area contributed by atoms with Crippen molar-refractivity contribution in [3.8, 4) is 5.75 Å². The van der Waals surface area contributed by atoms with E-state index in [1.807, 2.05) is 30.3 Å². The van der Waals surface area contributed by atoms with Gasteiger partial charge in [0.2, 0.25) is 5.90 Å². The van der Waals surface area contributed by atoms with Gasteiger partial charge < -0.3 is 14.6 Å². The molecular weight excluding hydrogens is 634 g/mol. The second kappa shape index (κ2) is 16.3. The van der Waals surface area contributed by atoms with Crippen LogP contribution in [0.4, 0.5) is 5.69 Å². The molecule has 0 aromatic heterocycles. The normalized spacial score (nSPS) is 16.5. The van der Waals surface area contributed by atoms with E-state index in [0.717, 1.165) is 5.56 Å². The molecule has 3 N–H and O–H groups in total. The molecule has 0 aliphatic carbocycles. The maximum Gasteiger partial charge on any atom is 0.266 e. The molecule has 0 fully saturated rings. The number of amides is 1. The molecule has 2 atom stereocenters. The molecule has 0 saturated heterocycles. The van der Waals surface area contributed by atoms with Gasteiger partial charge in [-0.25, -0.2) is 10.4 Å². The highest BCUT2D eigenvalue weighted by molar-refractivity contribution is 6.30. The number of rotatable bonds is 15. The van der Waals surface area contributed by atoms with Gasteiger partial charge in [0.05, 0.1) is 13.2 Å². The van der Waals surface area contributed by atoms with Crippen LogP contribution in [0.1, 0.15) is 40.3 Å². The van der Waals surface area contributed by atoms with Crippen LogP contribution in [0.3, 0.4) is 0 Å². The Balaban J connectivity index is 1.60. The number of aliphatic imine (C=N–C) groups is 1. The van der Waals surface area contributed by atoms with Crippen LogP contribution in [0.5, 0.6) is 5.75 Å². The van der Waals surface area contributed by atoms with E-state index < -0.39 is 17.6 Å². The Bertz CT molecular complexity index is 1860. The SMILES string of the molecule is [N-]=[N+]=NCc1ccccc1[C@@H]1OC(c2ccc(OCCCO)cc2)=N[C@]1(Cc1ccccc1N=[N+]=[N-])C(=O)NNCc1ccc(Cl)cc1. The van der Waals surface area contributed by atoms with E-state index >= 15 is 0 Å². The Labute approximate surface area is 281 Å². The van der Waals surface area contributed by atoms with E-state index in [1.54, 1.807) is 66.7 Å². The monoisotopic (exact) mass is 665 g/mol. The van der Waals surface area contributed by atoms with Crippen LogP contribution < -0.4 is 15.6 Å². The van der Waals surface area contributed by atoms with Crippen molar-refractivity contribution >= 4 is 29.1 Å². The van der Waals surface area contributed by atoms with Gasteiger partial charge in [0, 0.05) is 52.1 Å². The molecule has 1 aliphatic rings. The first kappa shape index (κ1) is 33.8. The largest absolute Gasteiger partial charge is 0.494 e. The average molecular weight is 666 g/mol. The van der Waals surface area contributed by atoms with E-state index in [1.165, 1.54) is 0 Å². The zero-order valence-corrected chi connectivity index (χ0v) is 26.5. The fraction of sp³-hybridized carbons (Fsp3) is 0.235. The Morgan fingerprint density at radius 2 is 1.71 bits per heavy atom. The number of azide groups is 2. The minimum absolute atomic E-state index is 0.0109. The first-order chi connectivity index (χ1) is 23.5. The van der Waals surface area contributed by atoms with Crippen LogP contribution in [0.15, 0.2) is 112 Å². The lowest BCUT2D eigenvalue weighted by Gasteiger charge is -2.32. The van der Waals surface area contributed by atoms with E-state index in [2.05, 4.69) is 30.9 Å². The van der Waals surface area contributed by atoms with E-state index in [9.17, 15) is 10.3 Å². The Morgan fingerprint density at radius 1 is 0.979 bits per heavy atom. The summed E-state index contributed by atoms with van der Waals surface area (Å²) in [6.07, 6.45) is -0.507. The van der Waals surface area contributed by atoms with Crippen molar-refractivity contribution in [3.05, 3.63) is 151 Å². The van der Waals surface area contributed by atoms with Crippen LogP contribution in [0.25, 0.3) is 20.9 Å². The van der Waals surface area contributed by atoms with Crippen molar-refractivity contribution in [1.82, 2.24) is 10.9 Å². The van der Waals surface area contributed by atoms with E-state index in [-0.39, 0.29) is 25.5 Å². The second-order valence-electron chi connectivity index (χ2n) is 10.8. The third kappa shape index (κ3) is 8.05. The molecule has 244 valence electrons. The molecule has 4 aromatic carbocycles. The highest BCUT2D eigenvalue weighted by Crippen LogP contribution is 2.44. The van der Waals surface area contributed by atoms with Gasteiger partial charge >= 0.3 is 0 Å². The van der Waals surface area contributed by atoms with E-state index in [0.29, 0.717) is 58.3 Å². The molecule has 1 heterocycles. The van der Waals surface area contributed by atoms with Crippen LogP contribution in [-0.2, 0) is 29.0 Å².